The Balaban J connectivity index is 2.08. The van der Waals surface area contributed by atoms with E-state index in [0.29, 0.717) is 12.0 Å². The molecule has 5 nitrogen and oxygen atoms in total. The van der Waals surface area contributed by atoms with Crippen LogP contribution in [0, 0.1) is 16.0 Å². The zero-order valence-electron chi connectivity index (χ0n) is 12.3. The zero-order valence-corrected chi connectivity index (χ0v) is 12.3. The van der Waals surface area contributed by atoms with Gasteiger partial charge < -0.3 is 4.90 Å². The highest BCUT2D eigenvalue weighted by atomic mass is 16.6. The maximum atomic E-state index is 10.7. The minimum atomic E-state index is -0.400. The van der Waals surface area contributed by atoms with Gasteiger partial charge in [0.15, 0.2) is 0 Å². The van der Waals surface area contributed by atoms with Gasteiger partial charge in [0, 0.05) is 18.7 Å². The number of nitro groups is 1. The highest BCUT2D eigenvalue weighted by Crippen LogP contribution is 2.27. The summed E-state index contributed by atoms with van der Waals surface area (Å²) in [5, 5.41) is 10.7. The first-order valence-corrected chi connectivity index (χ1v) is 7.45. The van der Waals surface area contributed by atoms with E-state index in [9.17, 15) is 10.1 Å². The molecule has 2 rings (SSSR count). The summed E-state index contributed by atoms with van der Waals surface area (Å²) >= 11 is 0. The fraction of sp³-hybridized carbons (Fsp3) is 0.667. The van der Waals surface area contributed by atoms with Crippen LogP contribution in [0.5, 0.6) is 0 Å². The van der Waals surface area contributed by atoms with Crippen LogP contribution in [-0.4, -0.2) is 22.5 Å². The molecule has 1 fully saturated rings. The van der Waals surface area contributed by atoms with Crippen molar-refractivity contribution in [3.8, 4) is 0 Å². The summed E-state index contributed by atoms with van der Waals surface area (Å²) in [6.45, 7) is 5.50. The van der Waals surface area contributed by atoms with Crippen LogP contribution in [-0.2, 0) is 0 Å². The molecule has 20 heavy (non-hydrogen) atoms. The third-order valence-electron chi connectivity index (χ3n) is 3.94. The quantitative estimate of drug-likeness (QED) is 0.607. The van der Waals surface area contributed by atoms with Gasteiger partial charge in [0.1, 0.15) is 12.0 Å². The lowest BCUT2D eigenvalue weighted by Gasteiger charge is -2.37. The number of piperidine rings is 1. The van der Waals surface area contributed by atoms with E-state index in [1.54, 1.807) is 12.1 Å². The van der Waals surface area contributed by atoms with Crippen LogP contribution in [0.25, 0.3) is 0 Å². The van der Waals surface area contributed by atoms with Crippen LogP contribution < -0.4 is 4.90 Å². The Labute approximate surface area is 120 Å². The summed E-state index contributed by atoms with van der Waals surface area (Å²) in [7, 11) is 0. The fourth-order valence-corrected chi connectivity index (χ4v) is 2.78. The van der Waals surface area contributed by atoms with Crippen LogP contribution in [0.4, 0.5) is 11.5 Å². The molecule has 2 heterocycles. The first-order valence-electron chi connectivity index (χ1n) is 7.45. The van der Waals surface area contributed by atoms with E-state index >= 15 is 0 Å². The first-order chi connectivity index (χ1) is 9.58. The SMILES string of the molecule is CC(C)CCC1CCCCN1c1ccc([N+](=O)[O-])cn1. The third kappa shape index (κ3) is 3.68. The smallest absolute Gasteiger partial charge is 0.287 e. The molecule has 0 bridgehead atoms. The van der Waals surface area contributed by atoms with Gasteiger partial charge >= 0.3 is 0 Å². The van der Waals surface area contributed by atoms with Gasteiger partial charge in [-0.3, -0.25) is 10.1 Å². The summed E-state index contributed by atoms with van der Waals surface area (Å²) in [6.07, 6.45) is 7.41. The lowest BCUT2D eigenvalue weighted by Crippen LogP contribution is -2.40. The number of aromatic nitrogens is 1. The molecule has 1 aromatic rings. The zero-order chi connectivity index (χ0) is 14.5. The van der Waals surface area contributed by atoms with E-state index in [0.717, 1.165) is 12.4 Å². The van der Waals surface area contributed by atoms with Crippen LogP contribution in [0.3, 0.4) is 0 Å². The summed E-state index contributed by atoms with van der Waals surface area (Å²) in [6, 6.07) is 3.86. The molecular weight excluding hydrogens is 254 g/mol. The van der Waals surface area contributed by atoms with Gasteiger partial charge in [-0.1, -0.05) is 13.8 Å². The lowest BCUT2D eigenvalue weighted by atomic mass is 9.95. The van der Waals surface area contributed by atoms with Crippen molar-refractivity contribution in [3.63, 3.8) is 0 Å². The van der Waals surface area contributed by atoms with Gasteiger partial charge in [0.2, 0.25) is 0 Å². The number of anilines is 1. The molecule has 1 aliphatic heterocycles. The molecule has 1 saturated heterocycles. The predicted molar refractivity (Wildman–Crippen MR) is 79.9 cm³/mol. The molecule has 1 aliphatic rings. The number of pyridine rings is 1. The molecule has 0 radical (unpaired) electrons. The van der Waals surface area contributed by atoms with E-state index in [2.05, 4.69) is 23.7 Å². The topological polar surface area (TPSA) is 59.3 Å². The molecule has 110 valence electrons. The molecule has 0 amide bonds. The van der Waals surface area contributed by atoms with E-state index in [1.165, 1.54) is 38.3 Å². The monoisotopic (exact) mass is 277 g/mol. The van der Waals surface area contributed by atoms with Gasteiger partial charge in [0.25, 0.3) is 5.69 Å². The average Bonchev–Trinajstić information content (AvgIpc) is 2.45. The highest BCUT2D eigenvalue weighted by Gasteiger charge is 2.23. The summed E-state index contributed by atoms with van der Waals surface area (Å²) < 4.78 is 0. The van der Waals surface area contributed by atoms with Crippen molar-refractivity contribution in [1.29, 1.82) is 0 Å². The van der Waals surface area contributed by atoms with Crippen LogP contribution in [0.15, 0.2) is 18.3 Å². The Hall–Kier alpha value is -1.65. The Kier molecular flexibility index (Phi) is 4.93. The van der Waals surface area contributed by atoms with Gasteiger partial charge in [-0.05, 0) is 44.1 Å². The minimum Gasteiger partial charge on any atom is -0.354 e. The molecule has 0 saturated carbocycles. The molecular formula is C15H23N3O2. The summed E-state index contributed by atoms with van der Waals surface area (Å²) in [5.41, 5.74) is 0.0597. The van der Waals surface area contributed by atoms with Crippen molar-refractivity contribution in [2.75, 3.05) is 11.4 Å². The van der Waals surface area contributed by atoms with E-state index in [-0.39, 0.29) is 5.69 Å². The van der Waals surface area contributed by atoms with Crippen LogP contribution in [0.2, 0.25) is 0 Å². The second-order valence-corrected chi connectivity index (χ2v) is 5.95. The van der Waals surface area contributed by atoms with Crippen molar-refractivity contribution in [2.24, 2.45) is 5.92 Å². The maximum Gasteiger partial charge on any atom is 0.287 e. The summed E-state index contributed by atoms with van der Waals surface area (Å²) in [4.78, 5) is 16.9. The second-order valence-electron chi connectivity index (χ2n) is 5.95. The molecule has 5 heteroatoms. The first kappa shape index (κ1) is 14.8. The Morgan fingerprint density at radius 2 is 2.25 bits per heavy atom. The average molecular weight is 277 g/mol. The van der Waals surface area contributed by atoms with Gasteiger partial charge in [-0.25, -0.2) is 4.98 Å². The number of nitrogens with zero attached hydrogens (tertiary/aromatic N) is 3. The summed E-state index contributed by atoms with van der Waals surface area (Å²) in [5.74, 6) is 1.59. The van der Waals surface area contributed by atoms with Crippen molar-refractivity contribution in [1.82, 2.24) is 4.98 Å². The standard InChI is InChI=1S/C15H23N3O2/c1-12(2)6-7-13-5-3-4-10-17(13)15-9-8-14(11-16-15)18(19)20/h8-9,11-13H,3-7,10H2,1-2H3. The Bertz CT molecular complexity index is 445. The van der Waals surface area contributed by atoms with Gasteiger partial charge in [-0.2, -0.15) is 0 Å². The lowest BCUT2D eigenvalue weighted by molar-refractivity contribution is -0.385. The Morgan fingerprint density at radius 1 is 1.45 bits per heavy atom. The maximum absolute atomic E-state index is 10.7. The van der Waals surface area contributed by atoms with E-state index in [4.69, 9.17) is 0 Å². The molecule has 1 atom stereocenters. The second kappa shape index (κ2) is 6.68. The van der Waals surface area contributed by atoms with Crippen molar-refractivity contribution in [2.45, 2.75) is 52.0 Å². The molecule has 0 spiro atoms. The minimum absolute atomic E-state index is 0.0597. The van der Waals surface area contributed by atoms with Gasteiger partial charge in [-0.15, -0.1) is 0 Å². The van der Waals surface area contributed by atoms with E-state index in [1.807, 2.05) is 0 Å². The van der Waals surface area contributed by atoms with Crippen LogP contribution >= 0.6 is 0 Å². The molecule has 0 N–H and O–H groups in total. The van der Waals surface area contributed by atoms with Gasteiger partial charge in [0.05, 0.1) is 4.92 Å². The Morgan fingerprint density at radius 3 is 2.85 bits per heavy atom. The van der Waals surface area contributed by atoms with E-state index < -0.39 is 4.92 Å². The third-order valence-corrected chi connectivity index (χ3v) is 3.94. The predicted octanol–water partition coefficient (Wildman–Crippen LogP) is 3.78. The number of hydrogen-bond donors (Lipinski definition) is 0. The van der Waals surface area contributed by atoms with Crippen molar-refractivity contribution in [3.05, 3.63) is 28.4 Å². The molecule has 1 aromatic heterocycles. The fourth-order valence-electron chi connectivity index (χ4n) is 2.78. The normalized spacial score (nSPS) is 19.4. The number of rotatable bonds is 5. The van der Waals surface area contributed by atoms with Crippen molar-refractivity contribution >= 4 is 11.5 Å². The van der Waals surface area contributed by atoms with Crippen molar-refractivity contribution < 1.29 is 4.92 Å². The van der Waals surface area contributed by atoms with Crippen LogP contribution in [0.1, 0.15) is 46.0 Å². The molecule has 0 aliphatic carbocycles. The largest absolute Gasteiger partial charge is 0.354 e. The molecule has 0 aromatic carbocycles. The highest BCUT2D eigenvalue weighted by molar-refractivity contribution is 5.44. The number of hydrogen-bond acceptors (Lipinski definition) is 4. The molecule has 1 unspecified atom stereocenters.